The molecule has 7 aromatic carbocycles. The van der Waals surface area contributed by atoms with E-state index in [2.05, 4.69) is 86.7 Å². The van der Waals surface area contributed by atoms with Gasteiger partial charge >= 0.3 is 17.1 Å². The molecule has 0 aromatic heterocycles. The van der Waals surface area contributed by atoms with Gasteiger partial charge in [0.15, 0.2) is 17.1 Å². The third-order valence-corrected chi connectivity index (χ3v) is 10.2. The van der Waals surface area contributed by atoms with Crippen molar-refractivity contribution in [1.29, 1.82) is 0 Å². The van der Waals surface area contributed by atoms with Gasteiger partial charge < -0.3 is 14.2 Å². The maximum absolute atomic E-state index is 14.1. The van der Waals surface area contributed by atoms with Gasteiger partial charge in [-0.05, 0) is 75.2 Å². The minimum atomic E-state index is -0.950. The van der Waals surface area contributed by atoms with Crippen LogP contribution in [0, 0.1) is 5.82 Å². The first kappa shape index (κ1) is 34.1. The molecule has 51 heavy (non-hydrogen) atoms. The first-order chi connectivity index (χ1) is 24.4. The predicted octanol–water partition coefficient (Wildman–Crippen LogP) is 11.4. The quantitative estimate of drug-likeness (QED) is 0.131. The second kappa shape index (κ2) is 13.4. The van der Waals surface area contributed by atoms with Gasteiger partial charge in [-0.15, -0.1) is 5.56 Å². The Morgan fingerprint density at radius 1 is 0.706 bits per heavy atom. The number of fused-ring (bicyclic) bond motifs is 8. The molecule has 0 bridgehead atoms. The molecule has 0 saturated heterocycles. The van der Waals surface area contributed by atoms with E-state index in [9.17, 15) is 4.39 Å². The summed E-state index contributed by atoms with van der Waals surface area (Å²) in [7, 11) is 3.32. The summed E-state index contributed by atoms with van der Waals surface area (Å²) >= 11 is 0. The molecule has 0 radical (unpaired) electrons. The monoisotopic (exact) mass is 712 g/mol. The normalized spacial score (nSPS) is 16.1. The molecule has 2 aliphatic rings. The van der Waals surface area contributed by atoms with Crippen LogP contribution in [0.5, 0.6) is 17.2 Å². The zero-order valence-corrected chi connectivity index (χ0v) is 30.0. The molecule has 1 aliphatic heterocycles. The van der Waals surface area contributed by atoms with Crippen molar-refractivity contribution in [3.8, 4) is 39.5 Å². The molecule has 7 aromatic rings. The van der Waals surface area contributed by atoms with Crippen molar-refractivity contribution in [2.45, 2.75) is 24.9 Å². The summed E-state index contributed by atoms with van der Waals surface area (Å²) in [5.41, 5.74) is 8.82. The van der Waals surface area contributed by atoms with Crippen LogP contribution in [0.4, 0.5) is 4.39 Å². The van der Waals surface area contributed by atoms with Crippen molar-refractivity contribution >= 4 is 16.8 Å². The molecular weight excluding hydrogens is 675 g/mol. The molecule has 1 atom stereocenters. The summed E-state index contributed by atoms with van der Waals surface area (Å²) < 4.78 is 33.1. The molecule has 0 saturated carbocycles. The van der Waals surface area contributed by atoms with Gasteiger partial charge in [-0.2, -0.15) is 30.3 Å². The van der Waals surface area contributed by atoms with Crippen LogP contribution in [0.3, 0.4) is 0 Å². The Labute approximate surface area is 309 Å². The Morgan fingerprint density at radius 2 is 1.41 bits per heavy atom. The predicted molar refractivity (Wildman–Crippen MR) is 201 cm³/mol. The minimum Gasteiger partial charge on any atom is -0.493 e. The molecule has 5 heteroatoms. The topological polar surface area (TPSA) is 27.7 Å². The van der Waals surface area contributed by atoms with Crippen molar-refractivity contribution in [3.63, 3.8) is 0 Å². The van der Waals surface area contributed by atoms with Crippen LogP contribution >= 0.6 is 0 Å². The number of ether oxygens (including phenoxy) is 3. The number of methoxy groups -OCH3 is 2. The summed E-state index contributed by atoms with van der Waals surface area (Å²) in [6.45, 7) is 4.60. The van der Waals surface area contributed by atoms with Gasteiger partial charge in [0.25, 0.3) is 0 Å². The summed E-state index contributed by atoms with van der Waals surface area (Å²) in [6.07, 6.45) is 4.33. The number of halogens is 1. The number of hydrogen-bond acceptors (Lipinski definition) is 3. The van der Waals surface area contributed by atoms with E-state index in [-0.39, 0.29) is 28.3 Å². The second-order valence-electron chi connectivity index (χ2n) is 13.3. The number of benzene rings is 5. The van der Waals surface area contributed by atoms with Crippen LogP contribution in [0.15, 0.2) is 146 Å². The van der Waals surface area contributed by atoms with Gasteiger partial charge in [0, 0.05) is 21.9 Å². The van der Waals surface area contributed by atoms with Gasteiger partial charge in [-0.3, -0.25) is 0 Å². The third-order valence-electron chi connectivity index (χ3n) is 10.2. The van der Waals surface area contributed by atoms with Crippen LogP contribution in [0.25, 0.3) is 39.1 Å². The Hall–Kier alpha value is -5.35. The maximum atomic E-state index is 14.1. The van der Waals surface area contributed by atoms with Crippen molar-refractivity contribution in [2.24, 2.45) is 0 Å². The molecule has 9 rings (SSSR count). The van der Waals surface area contributed by atoms with E-state index in [4.69, 9.17) is 14.2 Å². The van der Waals surface area contributed by atoms with Crippen LogP contribution in [0.1, 0.15) is 41.7 Å². The van der Waals surface area contributed by atoms with Crippen molar-refractivity contribution in [1.82, 2.24) is 0 Å². The fourth-order valence-electron chi connectivity index (χ4n) is 7.74. The van der Waals surface area contributed by atoms with Crippen molar-refractivity contribution in [3.05, 3.63) is 179 Å². The Bertz CT molecular complexity index is 2320. The summed E-state index contributed by atoms with van der Waals surface area (Å²) in [5.74, 6) is 1.77. The molecule has 1 heterocycles. The van der Waals surface area contributed by atoms with E-state index in [0.29, 0.717) is 11.5 Å². The summed E-state index contributed by atoms with van der Waals surface area (Å²) in [5, 5.41) is 1.96. The molecule has 1 aliphatic carbocycles. The molecule has 1 unspecified atom stereocenters. The first-order valence-electron chi connectivity index (χ1n) is 16.9. The zero-order valence-electron chi connectivity index (χ0n) is 28.9. The van der Waals surface area contributed by atoms with E-state index >= 15 is 0 Å². The van der Waals surface area contributed by atoms with E-state index in [1.54, 1.807) is 14.2 Å². The summed E-state index contributed by atoms with van der Waals surface area (Å²) in [4.78, 5) is 0. The van der Waals surface area contributed by atoms with Gasteiger partial charge in [0.1, 0.15) is 11.6 Å². The second-order valence-corrected chi connectivity index (χ2v) is 13.3. The number of rotatable bonds is 5. The molecule has 0 N–H and O–H groups in total. The van der Waals surface area contributed by atoms with Crippen molar-refractivity contribution < 1.29 is 35.7 Å². The molecule has 0 amide bonds. The smallest absolute Gasteiger partial charge is 0.493 e. The van der Waals surface area contributed by atoms with Crippen LogP contribution in [0.2, 0.25) is 0 Å². The fourth-order valence-corrected chi connectivity index (χ4v) is 7.74. The van der Waals surface area contributed by atoms with Gasteiger partial charge in [0.2, 0.25) is 0 Å². The molecule has 0 fully saturated rings. The van der Waals surface area contributed by atoms with Crippen LogP contribution in [-0.2, 0) is 28.1 Å². The standard InChI is InChI=1S/C41H32FO3.C5H5.Fe/c1-40(2)34-22-26(25-10-6-5-7-11-25)14-19-30(34)37-32-23-35(43-3)36(44-4)24-33(32)39-31(38(37)40)20-21-41(45-39,27-12-8-9-13-27)28-15-17-29(42)18-16-28;1-2-4-5-3-1;/h5-24H,1-4H3;1-5H;/q2*-1;+2. The Balaban J connectivity index is 0.000000625. The van der Waals surface area contributed by atoms with Crippen LogP contribution < -0.4 is 14.2 Å². The average Bonchev–Trinajstić information content (AvgIpc) is 3.96. The fraction of sp³-hybridized carbons (Fsp3) is 0.130. The Kier molecular flexibility index (Phi) is 8.97. The molecular formula is C46H37FFeO3. The van der Waals surface area contributed by atoms with E-state index in [0.717, 1.165) is 33.2 Å². The molecule has 3 nitrogen and oxygen atoms in total. The maximum Gasteiger partial charge on any atom is 2.00 e. The van der Waals surface area contributed by atoms with E-state index in [1.165, 1.54) is 45.5 Å². The van der Waals surface area contributed by atoms with Crippen molar-refractivity contribution in [2.75, 3.05) is 14.2 Å². The molecule has 254 valence electrons. The van der Waals surface area contributed by atoms with E-state index in [1.807, 2.05) is 66.7 Å². The minimum absolute atomic E-state index is 0. The Morgan fingerprint density at radius 3 is 2.04 bits per heavy atom. The largest absolute Gasteiger partial charge is 2.00 e. The third kappa shape index (κ3) is 5.58. The SMILES string of the molecule is COc1cc2c3c(c4c(c2cc1OC)-c1ccc(-c2ccccc2)cc1C4(C)C)C=CC(c1ccc(F)cc1)(c1ccc[cH-]1)O3.[Fe+2].c1cc[cH-]c1. The van der Waals surface area contributed by atoms with Gasteiger partial charge in [0.05, 0.1) is 14.2 Å². The molecule has 0 spiro atoms. The average molecular weight is 713 g/mol. The zero-order chi connectivity index (χ0) is 34.5. The number of hydrogen-bond donors (Lipinski definition) is 0. The van der Waals surface area contributed by atoms with Gasteiger partial charge in [-0.25, -0.2) is 28.7 Å². The summed E-state index contributed by atoms with van der Waals surface area (Å²) in [6, 6.07) is 46.1. The van der Waals surface area contributed by atoms with Gasteiger partial charge in [-0.1, -0.05) is 74.5 Å². The first-order valence-corrected chi connectivity index (χ1v) is 16.9. The van der Waals surface area contributed by atoms with Crippen LogP contribution in [-0.4, -0.2) is 14.2 Å². The van der Waals surface area contributed by atoms with E-state index < -0.39 is 5.60 Å².